The number of carbonyl (C=O) groups is 2. The van der Waals surface area contributed by atoms with E-state index >= 15 is 0 Å². The summed E-state index contributed by atoms with van der Waals surface area (Å²) in [5.74, 6) is -0.233. The van der Waals surface area contributed by atoms with Crippen molar-refractivity contribution in [2.75, 3.05) is 6.61 Å². The zero-order chi connectivity index (χ0) is 15.7. The van der Waals surface area contributed by atoms with Gasteiger partial charge in [-0.15, -0.1) is 0 Å². The van der Waals surface area contributed by atoms with Gasteiger partial charge in [-0.3, -0.25) is 9.59 Å². The third kappa shape index (κ3) is 8.50. The van der Waals surface area contributed by atoms with Crippen LogP contribution < -0.4 is 0 Å². The van der Waals surface area contributed by atoms with E-state index in [9.17, 15) is 9.59 Å². The van der Waals surface area contributed by atoms with E-state index in [4.69, 9.17) is 9.47 Å². The Labute approximate surface area is 133 Å². The average Bonchev–Trinajstić information content (AvgIpc) is 2.44. The van der Waals surface area contributed by atoms with Gasteiger partial charge in [-0.25, -0.2) is 0 Å². The Bertz CT molecular complexity index is 454. The van der Waals surface area contributed by atoms with E-state index in [0.29, 0.717) is 18.9 Å². The average molecular weight is 357 g/mol. The summed E-state index contributed by atoms with van der Waals surface area (Å²) in [6.45, 7) is 4.64. The molecule has 0 spiro atoms. The van der Waals surface area contributed by atoms with Gasteiger partial charge < -0.3 is 9.47 Å². The first kappa shape index (κ1) is 17.7. The molecule has 1 rings (SSSR count). The number of benzene rings is 1. The van der Waals surface area contributed by atoms with Gasteiger partial charge in [0.25, 0.3) is 0 Å². The van der Waals surface area contributed by atoms with Crippen LogP contribution in [0.25, 0.3) is 0 Å². The summed E-state index contributed by atoms with van der Waals surface area (Å²) in [5.41, 5.74) is 0.933. The number of halogens is 1. The highest BCUT2D eigenvalue weighted by Crippen LogP contribution is 2.11. The number of carbonyl (C=O) groups excluding carboxylic acids is 2. The summed E-state index contributed by atoms with van der Waals surface area (Å²) in [5, 5.41) is 0. The molecule has 1 aromatic carbocycles. The molecule has 1 aromatic rings. The highest BCUT2D eigenvalue weighted by atomic mass is 79.9. The van der Waals surface area contributed by atoms with Gasteiger partial charge in [0, 0.05) is 17.3 Å². The third-order valence-electron chi connectivity index (χ3n) is 2.65. The maximum absolute atomic E-state index is 11.5. The molecule has 4 nitrogen and oxygen atoms in total. The highest BCUT2D eigenvalue weighted by Gasteiger charge is 2.08. The molecule has 0 bridgehead atoms. The van der Waals surface area contributed by atoms with Gasteiger partial charge in [0.1, 0.15) is 6.61 Å². The molecule has 0 amide bonds. The number of ether oxygens (including phenoxy) is 2. The van der Waals surface area contributed by atoms with Crippen LogP contribution in [-0.4, -0.2) is 18.5 Å². The highest BCUT2D eigenvalue weighted by molar-refractivity contribution is 9.10. The lowest BCUT2D eigenvalue weighted by molar-refractivity contribution is -0.146. The van der Waals surface area contributed by atoms with Gasteiger partial charge in [-0.05, 0) is 30.0 Å². The van der Waals surface area contributed by atoms with E-state index in [1.54, 1.807) is 0 Å². The summed E-state index contributed by atoms with van der Waals surface area (Å²) < 4.78 is 11.2. The zero-order valence-electron chi connectivity index (χ0n) is 12.4. The Balaban J connectivity index is 2.14. The van der Waals surface area contributed by atoms with Crippen molar-refractivity contribution < 1.29 is 19.1 Å². The first-order chi connectivity index (χ1) is 9.97. The van der Waals surface area contributed by atoms with E-state index in [2.05, 4.69) is 15.9 Å². The Morgan fingerprint density at radius 3 is 2.19 bits per heavy atom. The van der Waals surface area contributed by atoms with Crippen molar-refractivity contribution in [3.63, 3.8) is 0 Å². The second-order valence-electron chi connectivity index (χ2n) is 5.22. The first-order valence-electron chi connectivity index (χ1n) is 7.03. The molecular formula is C16H21BrO4. The molecule has 0 aromatic heterocycles. The van der Waals surface area contributed by atoms with E-state index in [0.717, 1.165) is 10.0 Å². The lowest BCUT2D eigenvalue weighted by atomic mass is 10.2. The fraction of sp³-hybridized carbons (Fsp3) is 0.500. The van der Waals surface area contributed by atoms with E-state index in [1.807, 2.05) is 38.1 Å². The normalized spacial score (nSPS) is 10.5. The van der Waals surface area contributed by atoms with Crippen molar-refractivity contribution >= 4 is 27.9 Å². The fourth-order valence-electron chi connectivity index (χ4n) is 1.53. The van der Waals surface area contributed by atoms with E-state index in [-0.39, 0.29) is 31.4 Å². The van der Waals surface area contributed by atoms with Crippen molar-refractivity contribution in [1.29, 1.82) is 0 Å². The minimum absolute atomic E-state index is 0.229. The van der Waals surface area contributed by atoms with Gasteiger partial charge in [0.15, 0.2) is 0 Å². The maximum atomic E-state index is 11.5. The molecule has 0 radical (unpaired) electrons. The fourth-order valence-corrected chi connectivity index (χ4v) is 1.79. The monoisotopic (exact) mass is 356 g/mol. The zero-order valence-corrected chi connectivity index (χ0v) is 14.0. The summed E-state index contributed by atoms with van der Waals surface area (Å²) in [6, 6.07) is 7.57. The van der Waals surface area contributed by atoms with E-state index < -0.39 is 0 Å². The largest absolute Gasteiger partial charge is 0.465 e. The van der Waals surface area contributed by atoms with Crippen LogP contribution in [0.4, 0.5) is 0 Å². The number of hydrogen-bond donors (Lipinski definition) is 0. The lowest BCUT2D eigenvalue weighted by Gasteiger charge is -2.07. The molecule has 0 N–H and O–H groups in total. The summed E-state index contributed by atoms with van der Waals surface area (Å²) in [7, 11) is 0. The molecule has 0 unspecified atom stereocenters. The van der Waals surface area contributed by atoms with Crippen LogP contribution in [0, 0.1) is 5.92 Å². The SMILES string of the molecule is CC(C)COC(=O)CCCC(=O)OCc1ccc(Br)cc1. The quantitative estimate of drug-likeness (QED) is 0.663. The van der Waals surface area contributed by atoms with Gasteiger partial charge in [-0.2, -0.15) is 0 Å². The van der Waals surface area contributed by atoms with Crippen LogP contribution in [-0.2, 0) is 25.7 Å². The molecule has 0 aliphatic heterocycles. The number of rotatable bonds is 8. The molecule has 0 aliphatic rings. The van der Waals surface area contributed by atoms with Crippen molar-refractivity contribution in [3.05, 3.63) is 34.3 Å². The number of esters is 2. The van der Waals surface area contributed by atoms with Crippen LogP contribution in [0.1, 0.15) is 38.7 Å². The summed E-state index contributed by atoms with van der Waals surface area (Å²) >= 11 is 3.34. The molecule has 21 heavy (non-hydrogen) atoms. The van der Waals surface area contributed by atoms with Gasteiger partial charge >= 0.3 is 11.9 Å². The second-order valence-corrected chi connectivity index (χ2v) is 6.13. The smallest absolute Gasteiger partial charge is 0.306 e. The molecule has 116 valence electrons. The molecule has 5 heteroatoms. The van der Waals surface area contributed by atoms with Gasteiger partial charge in [0.05, 0.1) is 6.61 Å². The van der Waals surface area contributed by atoms with Crippen LogP contribution in [0.2, 0.25) is 0 Å². The molecule has 0 saturated carbocycles. The van der Waals surface area contributed by atoms with Crippen molar-refractivity contribution in [1.82, 2.24) is 0 Å². The van der Waals surface area contributed by atoms with Gasteiger partial charge in [0.2, 0.25) is 0 Å². The molecule has 0 aliphatic carbocycles. The van der Waals surface area contributed by atoms with Crippen LogP contribution in [0.3, 0.4) is 0 Å². The summed E-state index contributed by atoms with van der Waals surface area (Å²) in [6.07, 6.45) is 0.934. The topological polar surface area (TPSA) is 52.6 Å². The molecule has 0 heterocycles. The lowest BCUT2D eigenvalue weighted by Crippen LogP contribution is -2.11. The van der Waals surface area contributed by atoms with Crippen molar-refractivity contribution in [2.24, 2.45) is 5.92 Å². The Kier molecular flexibility index (Phi) is 8.05. The van der Waals surface area contributed by atoms with Crippen molar-refractivity contribution in [3.8, 4) is 0 Å². The Morgan fingerprint density at radius 2 is 1.62 bits per heavy atom. The molecule has 0 saturated heterocycles. The number of hydrogen-bond acceptors (Lipinski definition) is 4. The third-order valence-corrected chi connectivity index (χ3v) is 3.18. The Hall–Kier alpha value is -1.36. The standard InChI is InChI=1S/C16H21BrO4/c1-12(2)10-20-15(18)4-3-5-16(19)21-11-13-6-8-14(17)9-7-13/h6-9,12H,3-5,10-11H2,1-2H3. The minimum atomic E-state index is -0.297. The molecule has 0 atom stereocenters. The minimum Gasteiger partial charge on any atom is -0.465 e. The maximum Gasteiger partial charge on any atom is 0.306 e. The predicted molar refractivity (Wildman–Crippen MR) is 83.6 cm³/mol. The molecular weight excluding hydrogens is 336 g/mol. The van der Waals surface area contributed by atoms with Gasteiger partial charge in [-0.1, -0.05) is 41.9 Å². The van der Waals surface area contributed by atoms with Crippen LogP contribution >= 0.6 is 15.9 Å². The van der Waals surface area contributed by atoms with Crippen molar-refractivity contribution in [2.45, 2.75) is 39.7 Å². The van der Waals surface area contributed by atoms with Crippen LogP contribution in [0.5, 0.6) is 0 Å². The molecule has 0 fully saturated rings. The second kappa shape index (κ2) is 9.55. The summed E-state index contributed by atoms with van der Waals surface area (Å²) in [4.78, 5) is 22.9. The Morgan fingerprint density at radius 1 is 1.05 bits per heavy atom. The first-order valence-corrected chi connectivity index (χ1v) is 7.82. The van der Waals surface area contributed by atoms with E-state index in [1.165, 1.54) is 0 Å². The predicted octanol–water partition coefficient (Wildman–Crippen LogP) is 3.86. The van der Waals surface area contributed by atoms with Crippen LogP contribution in [0.15, 0.2) is 28.7 Å².